The van der Waals surface area contributed by atoms with Crippen molar-refractivity contribution < 1.29 is 14.7 Å². The summed E-state index contributed by atoms with van der Waals surface area (Å²) in [5.74, 6) is -0.372. The van der Waals surface area contributed by atoms with E-state index in [0.717, 1.165) is 19.3 Å². The molecular weight excluding hydrogens is 256 g/mol. The summed E-state index contributed by atoms with van der Waals surface area (Å²) in [7, 11) is 0. The molecule has 0 aromatic carbocycles. The van der Waals surface area contributed by atoms with Crippen LogP contribution in [-0.4, -0.2) is 59.0 Å². The van der Waals surface area contributed by atoms with Gasteiger partial charge in [-0.25, -0.2) is 0 Å². The molecule has 2 atom stereocenters. The number of hydrogen-bond donors (Lipinski definition) is 1. The molecule has 5 nitrogen and oxygen atoms in total. The Kier molecular flexibility index (Phi) is 4.37. The molecule has 1 aliphatic heterocycles. The number of carboxylic acid groups (broad SMARTS) is 1. The standard InChI is InChI=1S/C15H26N2O3/c1-11(14(19)20)16-7-9-17(10-8-16)13(18)12-5-4-6-15(12,2)3/h11-12H,4-10H2,1-3H3,(H,19,20). The van der Waals surface area contributed by atoms with E-state index in [1.165, 1.54) is 0 Å². The summed E-state index contributed by atoms with van der Waals surface area (Å²) in [6, 6.07) is -0.463. The van der Waals surface area contributed by atoms with Crippen LogP contribution in [0.4, 0.5) is 0 Å². The molecule has 1 aliphatic carbocycles. The van der Waals surface area contributed by atoms with Gasteiger partial charge in [-0.2, -0.15) is 0 Å². The van der Waals surface area contributed by atoms with Crippen molar-refractivity contribution in [1.82, 2.24) is 9.80 Å². The number of carbonyl (C=O) groups is 2. The van der Waals surface area contributed by atoms with Crippen molar-refractivity contribution >= 4 is 11.9 Å². The van der Waals surface area contributed by atoms with Gasteiger partial charge in [0, 0.05) is 32.1 Å². The minimum Gasteiger partial charge on any atom is -0.480 e. The van der Waals surface area contributed by atoms with Gasteiger partial charge in [0.2, 0.25) is 5.91 Å². The molecule has 2 unspecified atom stereocenters. The predicted octanol–water partition coefficient (Wildman–Crippen LogP) is 1.43. The smallest absolute Gasteiger partial charge is 0.320 e. The molecule has 0 aromatic heterocycles. The molecular formula is C15H26N2O3. The van der Waals surface area contributed by atoms with Crippen molar-refractivity contribution in [3.05, 3.63) is 0 Å². The molecule has 5 heteroatoms. The summed E-state index contributed by atoms with van der Waals surface area (Å²) in [4.78, 5) is 27.5. The van der Waals surface area contributed by atoms with Gasteiger partial charge in [0.05, 0.1) is 0 Å². The van der Waals surface area contributed by atoms with Crippen LogP contribution in [-0.2, 0) is 9.59 Å². The van der Waals surface area contributed by atoms with Crippen LogP contribution in [0.5, 0.6) is 0 Å². The highest BCUT2D eigenvalue weighted by molar-refractivity contribution is 5.80. The van der Waals surface area contributed by atoms with Gasteiger partial charge in [-0.3, -0.25) is 14.5 Å². The van der Waals surface area contributed by atoms with E-state index >= 15 is 0 Å². The third-order valence-electron chi connectivity index (χ3n) is 5.09. The predicted molar refractivity (Wildman–Crippen MR) is 76.4 cm³/mol. The molecule has 2 fully saturated rings. The highest BCUT2D eigenvalue weighted by Gasteiger charge is 2.41. The number of piperazine rings is 1. The summed E-state index contributed by atoms with van der Waals surface area (Å²) >= 11 is 0. The molecule has 1 heterocycles. The van der Waals surface area contributed by atoms with E-state index < -0.39 is 12.0 Å². The highest BCUT2D eigenvalue weighted by atomic mass is 16.4. The topological polar surface area (TPSA) is 60.9 Å². The third kappa shape index (κ3) is 2.97. The van der Waals surface area contributed by atoms with Crippen LogP contribution in [0.25, 0.3) is 0 Å². The monoisotopic (exact) mass is 282 g/mol. The summed E-state index contributed by atoms with van der Waals surface area (Å²) < 4.78 is 0. The Labute approximate surface area is 120 Å². The molecule has 1 saturated heterocycles. The van der Waals surface area contributed by atoms with E-state index in [1.807, 2.05) is 9.80 Å². The third-order valence-corrected chi connectivity index (χ3v) is 5.09. The van der Waals surface area contributed by atoms with Crippen LogP contribution in [0.1, 0.15) is 40.0 Å². The molecule has 114 valence electrons. The number of carbonyl (C=O) groups excluding carboxylic acids is 1. The lowest BCUT2D eigenvalue weighted by Gasteiger charge is -2.39. The number of rotatable bonds is 3. The number of aliphatic carboxylic acids is 1. The Morgan fingerprint density at radius 3 is 2.25 bits per heavy atom. The Bertz CT molecular complexity index is 387. The first-order valence-electron chi connectivity index (χ1n) is 7.58. The average Bonchev–Trinajstić information content (AvgIpc) is 2.76. The van der Waals surface area contributed by atoms with Crippen LogP contribution >= 0.6 is 0 Å². The van der Waals surface area contributed by atoms with Gasteiger partial charge in [0.25, 0.3) is 0 Å². The van der Waals surface area contributed by atoms with Gasteiger partial charge in [-0.15, -0.1) is 0 Å². The summed E-state index contributed by atoms with van der Waals surface area (Å²) in [6.45, 7) is 8.71. The maximum Gasteiger partial charge on any atom is 0.320 e. The lowest BCUT2D eigenvalue weighted by Crippen LogP contribution is -2.54. The molecule has 0 aromatic rings. The minimum atomic E-state index is -0.790. The second-order valence-corrected chi connectivity index (χ2v) is 6.81. The number of carboxylic acids is 1. The molecule has 1 N–H and O–H groups in total. The van der Waals surface area contributed by atoms with Crippen molar-refractivity contribution in [2.75, 3.05) is 26.2 Å². The second kappa shape index (κ2) is 5.72. The zero-order valence-corrected chi connectivity index (χ0v) is 12.8. The van der Waals surface area contributed by atoms with E-state index in [4.69, 9.17) is 5.11 Å². The second-order valence-electron chi connectivity index (χ2n) is 6.81. The van der Waals surface area contributed by atoms with Crippen LogP contribution in [0.2, 0.25) is 0 Å². The lowest BCUT2D eigenvalue weighted by molar-refractivity contribution is -0.145. The first kappa shape index (κ1) is 15.3. The summed E-state index contributed by atoms with van der Waals surface area (Å²) in [6.07, 6.45) is 3.26. The minimum absolute atomic E-state index is 0.114. The number of hydrogen-bond acceptors (Lipinski definition) is 3. The summed E-state index contributed by atoms with van der Waals surface area (Å²) in [5, 5.41) is 9.03. The van der Waals surface area contributed by atoms with E-state index in [2.05, 4.69) is 13.8 Å². The van der Waals surface area contributed by atoms with Gasteiger partial charge >= 0.3 is 5.97 Å². The molecule has 1 amide bonds. The van der Waals surface area contributed by atoms with Crippen molar-refractivity contribution in [3.63, 3.8) is 0 Å². The fourth-order valence-corrected chi connectivity index (χ4v) is 3.49. The van der Waals surface area contributed by atoms with Crippen molar-refractivity contribution in [3.8, 4) is 0 Å². The Balaban J connectivity index is 1.91. The Morgan fingerprint density at radius 2 is 1.80 bits per heavy atom. The van der Waals surface area contributed by atoms with Gasteiger partial charge < -0.3 is 10.0 Å². The Morgan fingerprint density at radius 1 is 1.20 bits per heavy atom. The van der Waals surface area contributed by atoms with Gasteiger partial charge in [0.1, 0.15) is 6.04 Å². The molecule has 0 radical (unpaired) electrons. The molecule has 20 heavy (non-hydrogen) atoms. The van der Waals surface area contributed by atoms with E-state index in [0.29, 0.717) is 26.2 Å². The maximum atomic E-state index is 12.6. The van der Waals surface area contributed by atoms with Crippen molar-refractivity contribution in [2.45, 2.75) is 46.1 Å². The average molecular weight is 282 g/mol. The van der Waals surface area contributed by atoms with E-state index in [-0.39, 0.29) is 17.2 Å². The zero-order valence-electron chi connectivity index (χ0n) is 12.8. The van der Waals surface area contributed by atoms with E-state index in [9.17, 15) is 9.59 Å². The fraction of sp³-hybridized carbons (Fsp3) is 0.867. The molecule has 0 spiro atoms. The van der Waals surface area contributed by atoms with E-state index in [1.54, 1.807) is 6.92 Å². The SMILES string of the molecule is CC(C(=O)O)N1CCN(C(=O)C2CCCC2(C)C)CC1. The van der Waals surface area contributed by atoms with Crippen LogP contribution in [0.3, 0.4) is 0 Å². The molecule has 0 bridgehead atoms. The van der Waals surface area contributed by atoms with Crippen LogP contribution < -0.4 is 0 Å². The van der Waals surface area contributed by atoms with Gasteiger partial charge in [-0.1, -0.05) is 20.3 Å². The highest BCUT2D eigenvalue weighted by Crippen LogP contribution is 2.43. The van der Waals surface area contributed by atoms with Crippen molar-refractivity contribution in [1.29, 1.82) is 0 Å². The quantitative estimate of drug-likeness (QED) is 0.850. The van der Waals surface area contributed by atoms with Crippen LogP contribution in [0.15, 0.2) is 0 Å². The fourth-order valence-electron chi connectivity index (χ4n) is 3.49. The number of amides is 1. The number of nitrogens with zero attached hydrogens (tertiary/aromatic N) is 2. The van der Waals surface area contributed by atoms with Crippen LogP contribution in [0, 0.1) is 11.3 Å². The summed E-state index contributed by atoms with van der Waals surface area (Å²) in [5.41, 5.74) is 0.114. The van der Waals surface area contributed by atoms with Gasteiger partial charge in [-0.05, 0) is 25.2 Å². The first-order chi connectivity index (χ1) is 9.33. The van der Waals surface area contributed by atoms with Crippen molar-refractivity contribution in [2.24, 2.45) is 11.3 Å². The maximum absolute atomic E-state index is 12.6. The first-order valence-corrected chi connectivity index (χ1v) is 7.58. The molecule has 1 saturated carbocycles. The lowest BCUT2D eigenvalue weighted by atomic mass is 9.81. The Hall–Kier alpha value is -1.10. The molecule has 2 aliphatic rings. The zero-order chi connectivity index (χ0) is 14.9. The normalized spacial score (nSPS) is 28.4. The van der Waals surface area contributed by atoms with Gasteiger partial charge in [0.15, 0.2) is 0 Å². The molecule has 2 rings (SSSR count). The largest absolute Gasteiger partial charge is 0.480 e.